The Labute approximate surface area is 294 Å². The highest BCUT2D eigenvalue weighted by atomic mass is 35.5. The number of hydrogen-bond acceptors (Lipinski definition) is 8. The van der Waals surface area contributed by atoms with Gasteiger partial charge < -0.3 is 25.8 Å². The number of amides is 1. The summed E-state index contributed by atoms with van der Waals surface area (Å²) in [7, 11) is 1.57. The van der Waals surface area contributed by atoms with Crippen LogP contribution >= 0.6 is 23.2 Å². The molecule has 2 aliphatic heterocycles. The summed E-state index contributed by atoms with van der Waals surface area (Å²) < 4.78 is 21.3. The average Bonchev–Trinajstić information content (AvgIpc) is 3.52. The summed E-state index contributed by atoms with van der Waals surface area (Å²) in [6, 6.07) is 16.4. The van der Waals surface area contributed by atoms with E-state index in [1.54, 1.807) is 37.6 Å². The molecule has 2 fully saturated rings. The predicted octanol–water partition coefficient (Wildman–Crippen LogP) is 6.67. The summed E-state index contributed by atoms with van der Waals surface area (Å²) in [5.74, 6) is -0.735. The zero-order valence-corrected chi connectivity index (χ0v) is 28.5. The van der Waals surface area contributed by atoms with Gasteiger partial charge in [0.2, 0.25) is 11.8 Å². The number of carboxylic acids is 1. The van der Waals surface area contributed by atoms with Gasteiger partial charge in [-0.2, -0.15) is 0 Å². The van der Waals surface area contributed by atoms with Gasteiger partial charge in [0.25, 0.3) is 0 Å². The number of ether oxygens (including phenoxy) is 1. The van der Waals surface area contributed by atoms with Gasteiger partial charge in [0.05, 0.1) is 34.5 Å². The summed E-state index contributed by atoms with van der Waals surface area (Å²) in [5.41, 5.74) is 4.14. The first-order valence-electron chi connectivity index (χ1n) is 16.2. The Hall–Kier alpha value is -4.29. The van der Waals surface area contributed by atoms with E-state index in [-0.39, 0.29) is 34.4 Å². The van der Waals surface area contributed by atoms with Crippen LogP contribution in [-0.4, -0.2) is 64.6 Å². The minimum Gasteiger partial charge on any atom is -0.481 e. The molecule has 0 radical (unpaired) electrons. The molecule has 0 unspecified atom stereocenters. The molecule has 2 aromatic heterocycles. The second kappa shape index (κ2) is 15.5. The molecule has 0 saturated carbocycles. The van der Waals surface area contributed by atoms with Crippen molar-refractivity contribution in [1.82, 2.24) is 25.5 Å². The van der Waals surface area contributed by atoms with Gasteiger partial charge in [-0.1, -0.05) is 59.6 Å². The molecule has 0 spiro atoms. The topological polar surface area (TPSA) is 129 Å². The number of nitrogens with one attached hydrogen (secondary N) is 3. The Bertz CT molecular complexity index is 1850. The number of aromatic nitrogens is 2. The molecule has 0 bridgehead atoms. The van der Waals surface area contributed by atoms with Gasteiger partial charge >= 0.3 is 5.97 Å². The van der Waals surface area contributed by atoms with Crippen LogP contribution in [-0.2, 0) is 22.7 Å². The zero-order chi connectivity index (χ0) is 34.5. The Morgan fingerprint density at radius 1 is 1.02 bits per heavy atom. The number of methoxy groups -OCH3 is 1. The SMILES string of the molecule is COc1nc(-c2cccc(-c3ccnc(Nc4cccc(CN5CCC(C(=O)O)CC5)c4F)c3Cl)c2Cl)ccc1CNC[C@@H]1CCC(=O)N1. The number of anilines is 2. The molecule has 10 nitrogen and oxygen atoms in total. The third kappa shape index (κ3) is 7.96. The lowest BCUT2D eigenvalue weighted by molar-refractivity contribution is -0.143. The smallest absolute Gasteiger partial charge is 0.306 e. The maximum atomic E-state index is 15.7. The van der Waals surface area contributed by atoms with Crippen molar-refractivity contribution in [2.24, 2.45) is 5.92 Å². The lowest BCUT2D eigenvalue weighted by Gasteiger charge is -2.30. The van der Waals surface area contributed by atoms with Gasteiger partial charge in [0.15, 0.2) is 5.82 Å². The van der Waals surface area contributed by atoms with Crippen LogP contribution in [0.1, 0.15) is 36.8 Å². The summed E-state index contributed by atoms with van der Waals surface area (Å²) in [6.07, 6.45) is 4.04. The Morgan fingerprint density at radius 3 is 2.51 bits per heavy atom. The lowest BCUT2D eigenvalue weighted by Crippen LogP contribution is -2.36. The molecule has 2 aliphatic rings. The first-order chi connectivity index (χ1) is 23.7. The summed E-state index contributed by atoms with van der Waals surface area (Å²) in [5, 5.41) is 19.4. The number of likely N-dealkylation sites (tertiary alicyclic amines) is 1. The van der Waals surface area contributed by atoms with Crippen LogP contribution in [0.15, 0.2) is 60.8 Å². The minimum absolute atomic E-state index is 0.0817. The van der Waals surface area contributed by atoms with Crippen molar-refractivity contribution < 1.29 is 23.8 Å². The molecular weight excluding hydrogens is 670 g/mol. The second-order valence-electron chi connectivity index (χ2n) is 12.3. The van der Waals surface area contributed by atoms with E-state index in [9.17, 15) is 14.7 Å². The fourth-order valence-electron chi connectivity index (χ4n) is 6.32. The molecule has 2 saturated heterocycles. The largest absolute Gasteiger partial charge is 0.481 e. The van der Waals surface area contributed by atoms with Crippen LogP contribution in [0, 0.1) is 11.7 Å². The molecule has 4 aromatic rings. The van der Waals surface area contributed by atoms with Crippen molar-refractivity contribution in [3.63, 3.8) is 0 Å². The van der Waals surface area contributed by atoms with Crippen LogP contribution < -0.4 is 20.7 Å². The highest BCUT2D eigenvalue weighted by molar-refractivity contribution is 6.39. The summed E-state index contributed by atoms with van der Waals surface area (Å²) in [6.45, 7) is 2.73. The van der Waals surface area contributed by atoms with E-state index < -0.39 is 11.8 Å². The van der Waals surface area contributed by atoms with E-state index in [0.29, 0.717) is 90.8 Å². The van der Waals surface area contributed by atoms with Crippen LogP contribution in [0.5, 0.6) is 5.88 Å². The predicted molar refractivity (Wildman–Crippen MR) is 188 cm³/mol. The van der Waals surface area contributed by atoms with Gasteiger partial charge in [-0.05, 0) is 50.6 Å². The van der Waals surface area contributed by atoms with Crippen molar-refractivity contribution in [2.45, 2.75) is 44.8 Å². The molecule has 6 rings (SSSR count). The number of nitrogens with zero attached hydrogens (tertiary/aromatic N) is 3. The number of carboxylic acid groups (broad SMARTS) is 1. The quantitative estimate of drug-likeness (QED) is 0.128. The first-order valence-corrected chi connectivity index (χ1v) is 16.9. The van der Waals surface area contributed by atoms with Crippen LogP contribution in [0.2, 0.25) is 10.0 Å². The Morgan fingerprint density at radius 2 is 1.78 bits per heavy atom. The Kier molecular flexibility index (Phi) is 10.9. The highest BCUT2D eigenvalue weighted by Crippen LogP contribution is 2.41. The van der Waals surface area contributed by atoms with Gasteiger partial charge in [-0.25, -0.2) is 14.4 Å². The first kappa shape index (κ1) is 34.6. The van der Waals surface area contributed by atoms with Gasteiger partial charge in [-0.15, -0.1) is 0 Å². The fraction of sp³-hybridized carbons (Fsp3) is 0.333. The average molecular weight is 708 g/mol. The number of aliphatic carboxylic acids is 1. The number of hydrogen-bond donors (Lipinski definition) is 4. The molecule has 256 valence electrons. The number of pyridine rings is 2. The molecule has 4 heterocycles. The summed E-state index contributed by atoms with van der Waals surface area (Å²) >= 11 is 13.9. The van der Waals surface area contributed by atoms with Gasteiger partial charge in [0, 0.05) is 66.1 Å². The normalized spacial score (nSPS) is 16.8. The molecule has 49 heavy (non-hydrogen) atoms. The van der Waals surface area contributed by atoms with E-state index >= 15 is 4.39 Å². The molecular formula is C36H37Cl2FN6O4. The third-order valence-electron chi connectivity index (χ3n) is 9.04. The monoisotopic (exact) mass is 706 g/mol. The molecule has 1 amide bonds. The lowest BCUT2D eigenvalue weighted by atomic mass is 9.97. The Balaban J connectivity index is 1.18. The standard InChI is InChI=1S/C36H37Cl2FN6O4/c1-49-35-22(18-40-19-24-9-11-30(46)42-24)8-10-28(44-35)27-6-3-5-25(31(27)37)26-12-15-41-34(32(26)38)43-29-7-2-4-23(33(29)39)20-45-16-13-21(14-17-45)36(47)48/h2-8,10,12,15,21,24,40H,9,11,13-14,16-20H2,1H3,(H,41,43)(H,42,46)(H,47,48)/t24-/m0/s1. The number of carbonyl (C=O) groups excluding carboxylic acids is 1. The third-order valence-corrected chi connectivity index (χ3v) is 9.83. The van der Waals surface area contributed by atoms with Crippen molar-refractivity contribution in [1.29, 1.82) is 0 Å². The van der Waals surface area contributed by atoms with E-state index in [4.69, 9.17) is 32.9 Å². The van der Waals surface area contributed by atoms with E-state index in [0.717, 1.165) is 12.0 Å². The van der Waals surface area contributed by atoms with E-state index in [2.05, 4.69) is 25.8 Å². The molecule has 2 aromatic carbocycles. The van der Waals surface area contributed by atoms with Crippen molar-refractivity contribution in [3.8, 4) is 28.3 Å². The summed E-state index contributed by atoms with van der Waals surface area (Å²) in [4.78, 5) is 34.0. The molecule has 4 N–H and O–H groups in total. The van der Waals surface area contributed by atoms with Crippen molar-refractivity contribution in [3.05, 3.63) is 87.8 Å². The van der Waals surface area contributed by atoms with Gasteiger partial charge in [-0.3, -0.25) is 14.5 Å². The van der Waals surface area contributed by atoms with Crippen LogP contribution in [0.3, 0.4) is 0 Å². The fourth-order valence-corrected chi connectivity index (χ4v) is 6.91. The van der Waals surface area contributed by atoms with E-state index in [1.807, 2.05) is 30.3 Å². The van der Waals surface area contributed by atoms with Crippen molar-refractivity contribution in [2.75, 3.05) is 32.1 Å². The van der Waals surface area contributed by atoms with Crippen LogP contribution in [0.25, 0.3) is 22.4 Å². The number of piperidine rings is 1. The van der Waals surface area contributed by atoms with Crippen LogP contribution in [0.4, 0.5) is 15.9 Å². The van der Waals surface area contributed by atoms with E-state index in [1.165, 1.54) is 0 Å². The van der Waals surface area contributed by atoms with Crippen molar-refractivity contribution >= 4 is 46.6 Å². The number of rotatable bonds is 12. The molecule has 13 heteroatoms. The molecule has 0 aliphatic carbocycles. The minimum atomic E-state index is -0.778. The van der Waals surface area contributed by atoms with Gasteiger partial charge in [0.1, 0.15) is 5.82 Å². The number of benzene rings is 2. The number of halogens is 3. The maximum absolute atomic E-state index is 15.7. The maximum Gasteiger partial charge on any atom is 0.306 e. The zero-order valence-electron chi connectivity index (χ0n) is 26.9. The number of carbonyl (C=O) groups is 2. The molecule has 1 atom stereocenters. The highest BCUT2D eigenvalue weighted by Gasteiger charge is 2.26. The second-order valence-corrected chi connectivity index (χ2v) is 13.0.